The van der Waals surface area contributed by atoms with Crippen LogP contribution in [-0.4, -0.2) is 51.2 Å². The number of hydrogen-bond acceptors (Lipinski definition) is 4. The second-order valence-electron chi connectivity index (χ2n) is 9.36. The SMILES string of the molecule is CS(=O)(=O)N1CC2(CCN(C(=O)C(N)C3Cc4ccccc4C3)CC2)c2ccccc21. The van der Waals surface area contributed by atoms with Crippen molar-refractivity contribution in [3.05, 3.63) is 65.2 Å². The minimum atomic E-state index is -3.34. The van der Waals surface area contributed by atoms with Gasteiger partial charge in [0, 0.05) is 25.0 Å². The first-order valence-electron chi connectivity index (χ1n) is 11.0. The van der Waals surface area contributed by atoms with Crippen molar-refractivity contribution in [2.24, 2.45) is 11.7 Å². The number of amides is 1. The van der Waals surface area contributed by atoms with Gasteiger partial charge in [-0.2, -0.15) is 0 Å². The van der Waals surface area contributed by atoms with Crippen LogP contribution in [0.25, 0.3) is 0 Å². The fraction of sp³-hybridized carbons (Fsp3) is 0.458. The van der Waals surface area contributed by atoms with Crippen molar-refractivity contribution in [2.75, 3.05) is 30.2 Å². The third-order valence-corrected chi connectivity index (χ3v) is 8.62. The number of likely N-dealkylation sites (tertiary alicyclic amines) is 1. The molecule has 2 aromatic rings. The van der Waals surface area contributed by atoms with Crippen molar-refractivity contribution in [2.45, 2.75) is 37.1 Å². The summed E-state index contributed by atoms with van der Waals surface area (Å²) < 4.78 is 26.3. The van der Waals surface area contributed by atoms with E-state index in [-0.39, 0.29) is 17.2 Å². The van der Waals surface area contributed by atoms with Crippen molar-refractivity contribution in [3.63, 3.8) is 0 Å². The van der Waals surface area contributed by atoms with Crippen LogP contribution in [0.4, 0.5) is 5.69 Å². The number of nitrogens with zero attached hydrogens (tertiary/aromatic N) is 2. The second-order valence-corrected chi connectivity index (χ2v) is 11.3. The molecule has 3 aliphatic rings. The van der Waals surface area contributed by atoms with Crippen molar-refractivity contribution in [1.29, 1.82) is 0 Å². The molecule has 6 nitrogen and oxygen atoms in total. The van der Waals surface area contributed by atoms with E-state index in [1.807, 2.05) is 41.3 Å². The van der Waals surface area contributed by atoms with E-state index in [0.717, 1.165) is 36.9 Å². The lowest BCUT2D eigenvalue weighted by atomic mass is 9.74. The highest BCUT2D eigenvalue weighted by atomic mass is 32.2. The standard InChI is InChI=1S/C24H29N3O3S/c1-31(29,30)27-16-24(20-8-4-5-9-21(20)27)10-12-26(13-11-24)23(28)22(25)19-14-17-6-2-3-7-18(17)15-19/h2-9,19,22H,10-16,25H2,1H3. The van der Waals surface area contributed by atoms with E-state index >= 15 is 0 Å². The zero-order valence-corrected chi connectivity index (χ0v) is 18.6. The summed E-state index contributed by atoms with van der Waals surface area (Å²) in [5.74, 6) is 0.174. The number of benzene rings is 2. The van der Waals surface area contributed by atoms with Crippen LogP contribution in [0.3, 0.4) is 0 Å². The molecule has 2 aromatic carbocycles. The number of para-hydroxylation sites is 1. The average molecular weight is 440 g/mol. The third-order valence-electron chi connectivity index (χ3n) is 7.50. The second kappa shape index (κ2) is 7.35. The smallest absolute Gasteiger partial charge is 0.239 e. The highest BCUT2D eigenvalue weighted by molar-refractivity contribution is 7.92. The number of hydrogen-bond donors (Lipinski definition) is 1. The predicted molar refractivity (Wildman–Crippen MR) is 121 cm³/mol. The molecule has 1 atom stereocenters. The molecular formula is C24H29N3O3S. The molecule has 31 heavy (non-hydrogen) atoms. The Morgan fingerprint density at radius 1 is 1.03 bits per heavy atom. The molecule has 1 spiro atoms. The van der Waals surface area contributed by atoms with Gasteiger partial charge in [0.05, 0.1) is 18.0 Å². The summed E-state index contributed by atoms with van der Waals surface area (Å²) >= 11 is 0. The van der Waals surface area contributed by atoms with E-state index in [9.17, 15) is 13.2 Å². The van der Waals surface area contributed by atoms with Crippen LogP contribution < -0.4 is 10.0 Å². The summed E-state index contributed by atoms with van der Waals surface area (Å²) in [4.78, 5) is 15.1. The molecule has 7 heteroatoms. The van der Waals surface area contributed by atoms with Crippen LogP contribution in [0.15, 0.2) is 48.5 Å². The fourth-order valence-electron chi connectivity index (χ4n) is 5.72. The molecule has 1 saturated heterocycles. The molecule has 1 aliphatic carbocycles. The minimum Gasteiger partial charge on any atom is -0.341 e. The van der Waals surface area contributed by atoms with Gasteiger partial charge in [0.15, 0.2) is 0 Å². The van der Waals surface area contributed by atoms with Gasteiger partial charge < -0.3 is 10.6 Å². The van der Waals surface area contributed by atoms with Gasteiger partial charge >= 0.3 is 0 Å². The van der Waals surface area contributed by atoms with E-state index in [1.54, 1.807) is 0 Å². The van der Waals surface area contributed by atoms with Crippen LogP contribution in [0, 0.1) is 5.92 Å². The maximum atomic E-state index is 13.2. The number of rotatable bonds is 3. The molecule has 1 amide bonds. The average Bonchev–Trinajstić information content (AvgIpc) is 3.33. The zero-order chi connectivity index (χ0) is 21.8. The van der Waals surface area contributed by atoms with E-state index in [0.29, 0.717) is 19.6 Å². The first-order chi connectivity index (χ1) is 14.8. The van der Waals surface area contributed by atoms with E-state index < -0.39 is 16.1 Å². The largest absolute Gasteiger partial charge is 0.341 e. The number of carbonyl (C=O) groups is 1. The number of sulfonamides is 1. The Kier molecular flexibility index (Phi) is 4.86. The minimum absolute atomic E-state index is 0.0268. The Morgan fingerprint density at radius 2 is 1.61 bits per heavy atom. The lowest BCUT2D eigenvalue weighted by Crippen LogP contribution is -2.53. The van der Waals surface area contributed by atoms with Crippen LogP contribution in [0.2, 0.25) is 0 Å². The molecule has 2 N–H and O–H groups in total. The molecule has 5 rings (SSSR count). The Labute approximate surface area is 184 Å². The molecular weight excluding hydrogens is 410 g/mol. The van der Waals surface area contributed by atoms with Gasteiger partial charge in [0.2, 0.25) is 15.9 Å². The zero-order valence-electron chi connectivity index (χ0n) is 17.8. The molecule has 1 fully saturated rings. The number of nitrogens with two attached hydrogens (primary N) is 1. The van der Waals surface area contributed by atoms with Gasteiger partial charge in [-0.3, -0.25) is 9.10 Å². The number of carbonyl (C=O) groups excluding carboxylic acids is 1. The van der Waals surface area contributed by atoms with E-state index in [1.165, 1.54) is 21.7 Å². The van der Waals surface area contributed by atoms with Gasteiger partial charge in [-0.05, 0) is 54.4 Å². The number of piperidine rings is 1. The van der Waals surface area contributed by atoms with Gasteiger partial charge in [-0.25, -0.2) is 8.42 Å². The fourth-order valence-corrected chi connectivity index (χ4v) is 6.72. The van der Waals surface area contributed by atoms with Crippen LogP contribution in [0.1, 0.15) is 29.5 Å². The van der Waals surface area contributed by atoms with Crippen LogP contribution in [-0.2, 0) is 33.1 Å². The summed E-state index contributed by atoms with van der Waals surface area (Å²) in [6.07, 6.45) is 4.48. The Morgan fingerprint density at radius 3 is 2.23 bits per heavy atom. The van der Waals surface area contributed by atoms with Crippen molar-refractivity contribution >= 4 is 21.6 Å². The van der Waals surface area contributed by atoms with Crippen LogP contribution >= 0.6 is 0 Å². The molecule has 1 unspecified atom stereocenters. The normalized spacial score (nSPS) is 21.2. The Balaban J connectivity index is 1.29. The lowest BCUT2D eigenvalue weighted by Gasteiger charge is -2.41. The van der Waals surface area contributed by atoms with Crippen molar-refractivity contribution in [1.82, 2.24) is 4.90 Å². The maximum Gasteiger partial charge on any atom is 0.239 e. The Hall–Kier alpha value is -2.38. The first-order valence-corrected chi connectivity index (χ1v) is 12.8. The molecule has 0 radical (unpaired) electrons. The molecule has 2 heterocycles. The molecule has 0 saturated carbocycles. The quantitative estimate of drug-likeness (QED) is 0.794. The summed E-state index contributed by atoms with van der Waals surface area (Å²) in [6.45, 7) is 1.67. The van der Waals surface area contributed by atoms with Gasteiger partial charge in [0.1, 0.15) is 0 Å². The van der Waals surface area contributed by atoms with Crippen LogP contribution in [0.5, 0.6) is 0 Å². The molecule has 164 valence electrons. The third kappa shape index (κ3) is 3.44. The maximum absolute atomic E-state index is 13.2. The topological polar surface area (TPSA) is 83.7 Å². The highest BCUT2D eigenvalue weighted by Crippen LogP contribution is 2.47. The van der Waals surface area contributed by atoms with Gasteiger partial charge in [-0.15, -0.1) is 0 Å². The molecule has 2 aliphatic heterocycles. The van der Waals surface area contributed by atoms with E-state index in [2.05, 4.69) is 12.1 Å². The number of fused-ring (bicyclic) bond motifs is 3. The summed E-state index contributed by atoms with van der Waals surface area (Å²) in [6, 6.07) is 15.6. The highest BCUT2D eigenvalue weighted by Gasteiger charge is 2.48. The monoisotopic (exact) mass is 439 g/mol. The van der Waals surface area contributed by atoms with Crippen molar-refractivity contribution < 1.29 is 13.2 Å². The first kappa shape index (κ1) is 20.5. The molecule has 0 aromatic heterocycles. The summed E-state index contributed by atoms with van der Waals surface area (Å²) in [5.41, 5.74) is 10.7. The lowest BCUT2D eigenvalue weighted by molar-refractivity contribution is -0.135. The van der Waals surface area contributed by atoms with Gasteiger partial charge in [0.25, 0.3) is 0 Å². The predicted octanol–water partition coefficient (Wildman–Crippen LogP) is 2.07. The summed E-state index contributed by atoms with van der Waals surface area (Å²) in [5, 5.41) is 0. The van der Waals surface area contributed by atoms with Gasteiger partial charge in [-0.1, -0.05) is 42.5 Å². The molecule has 0 bridgehead atoms. The summed E-state index contributed by atoms with van der Waals surface area (Å²) in [7, 11) is -3.34. The number of anilines is 1. The van der Waals surface area contributed by atoms with E-state index in [4.69, 9.17) is 5.73 Å². The Bertz CT molecular complexity index is 1100. The van der Waals surface area contributed by atoms with Crippen molar-refractivity contribution in [3.8, 4) is 0 Å².